The number of nitrogens with one attached hydrogen (secondary N) is 1. The summed E-state index contributed by atoms with van der Waals surface area (Å²) in [5.41, 5.74) is 6.53. The molecule has 0 aromatic rings. The van der Waals surface area contributed by atoms with E-state index in [-0.39, 0.29) is 14.1 Å². The first-order valence-electron chi connectivity index (χ1n) is 7.61. The molecule has 3 heteroatoms. The van der Waals surface area contributed by atoms with Crippen molar-refractivity contribution in [2.75, 3.05) is 13.2 Å². The monoisotopic (exact) mass is 279 g/mol. The van der Waals surface area contributed by atoms with Crippen molar-refractivity contribution in [2.24, 2.45) is 0 Å². The first-order chi connectivity index (χ1) is 9.83. The zero-order valence-corrected chi connectivity index (χ0v) is 13.0. The molecule has 0 fully saturated rings. The van der Waals surface area contributed by atoms with Gasteiger partial charge in [-0.05, 0) is 18.6 Å². The highest BCUT2D eigenvalue weighted by molar-refractivity contribution is 5.67. The van der Waals surface area contributed by atoms with Gasteiger partial charge in [-0.3, -0.25) is 0 Å². The van der Waals surface area contributed by atoms with E-state index in [1.165, 1.54) is 19.3 Å². The number of rotatable bonds is 8. The van der Waals surface area contributed by atoms with Gasteiger partial charge >= 0.3 is 6.09 Å². The van der Waals surface area contributed by atoms with E-state index in [2.05, 4.69) is 23.7 Å². The number of allylic oxidation sites excluding steroid dienone is 2. The van der Waals surface area contributed by atoms with Crippen LogP contribution in [0.5, 0.6) is 0 Å². The van der Waals surface area contributed by atoms with E-state index in [9.17, 15) is 4.79 Å². The van der Waals surface area contributed by atoms with E-state index >= 15 is 0 Å². The Labute approximate surface area is 124 Å². The molecule has 0 aliphatic heterocycles. The molecule has 0 atom stereocenters. The van der Waals surface area contributed by atoms with Crippen molar-refractivity contribution in [2.45, 2.75) is 52.9 Å². The van der Waals surface area contributed by atoms with Gasteiger partial charge in [0.2, 0.25) is 0 Å². The number of carbonyl (C=O) groups is 1. The number of alkyl carbamates (subject to hydrolysis) is 1. The van der Waals surface area contributed by atoms with Gasteiger partial charge in [0, 0.05) is 13.5 Å². The number of unbranched alkanes of at least 4 members (excludes halogenated alkanes) is 4. The van der Waals surface area contributed by atoms with E-state index < -0.39 is 0 Å². The summed E-state index contributed by atoms with van der Waals surface area (Å²) >= 11 is 0. The minimum atomic E-state index is -0.359. The van der Waals surface area contributed by atoms with E-state index in [0.29, 0.717) is 6.54 Å². The van der Waals surface area contributed by atoms with Crippen molar-refractivity contribution < 1.29 is 11.0 Å². The van der Waals surface area contributed by atoms with Crippen LogP contribution in [0.15, 0.2) is 35.3 Å². The van der Waals surface area contributed by atoms with Gasteiger partial charge in [0.05, 0.1) is 0 Å². The molecule has 0 radical (unpaired) electrons. The average molecular weight is 279 g/mol. The van der Waals surface area contributed by atoms with Crippen molar-refractivity contribution >= 4 is 6.09 Å². The molecule has 1 N–H and O–H groups in total. The van der Waals surface area contributed by atoms with Crippen LogP contribution < -0.4 is 5.32 Å². The maximum Gasteiger partial charge on any atom is 0.407 e. The summed E-state index contributed by atoms with van der Waals surface area (Å²) in [6.07, 6.45) is 11.0. The Morgan fingerprint density at radius 2 is 2.05 bits per heavy atom. The topological polar surface area (TPSA) is 38.3 Å². The highest BCUT2D eigenvalue weighted by Gasteiger charge is 2.02. The molecule has 0 bridgehead atoms. The zero-order valence-electron chi connectivity index (χ0n) is 13.0. The van der Waals surface area contributed by atoms with Crippen molar-refractivity contribution in [3.63, 3.8) is 0 Å². The third-order valence-corrected chi connectivity index (χ3v) is 2.62. The molecule has 20 heavy (non-hydrogen) atoms. The van der Waals surface area contributed by atoms with Crippen LogP contribution in [-0.2, 0) is 4.74 Å². The number of hydrogen-bond donors (Lipinski definition) is 1. The Kier molecular flexibility index (Phi) is 12.6. The Balaban J connectivity index is 0. The molecule has 0 saturated heterocycles. The first-order valence-corrected chi connectivity index (χ1v) is 7.61. The molecular weight excluding hydrogens is 250 g/mol. The van der Waals surface area contributed by atoms with Crippen LogP contribution in [0.2, 0.25) is 0 Å². The van der Waals surface area contributed by atoms with Crippen molar-refractivity contribution in [3.8, 4) is 0 Å². The molecule has 0 aromatic heterocycles. The van der Waals surface area contributed by atoms with Gasteiger partial charge in [-0.1, -0.05) is 64.0 Å². The summed E-state index contributed by atoms with van der Waals surface area (Å²) in [7, 11) is 0. The maximum atomic E-state index is 11.3. The molecule has 1 rings (SSSR count). The lowest BCUT2D eigenvalue weighted by molar-refractivity contribution is 0.156. The molecule has 1 aliphatic carbocycles. The summed E-state index contributed by atoms with van der Waals surface area (Å²) in [4.78, 5) is 11.3. The van der Waals surface area contributed by atoms with Crippen LogP contribution in [0.1, 0.15) is 54.3 Å². The van der Waals surface area contributed by atoms with Crippen LogP contribution in [0.25, 0.3) is 0 Å². The fourth-order valence-corrected chi connectivity index (χ4v) is 1.59. The summed E-state index contributed by atoms with van der Waals surface area (Å²) < 4.78 is 5.05. The van der Waals surface area contributed by atoms with Crippen molar-refractivity contribution in [1.82, 2.24) is 5.32 Å². The lowest BCUT2D eigenvalue weighted by Gasteiger charge is -2.06. The van der Waals surface area contributed by atoms with Crippen LogP contribution >= 0.6 is 0 Å². The summed E-state index contributed by atoms with van der Waals surface area (Å²) in [6.45, 7) is 7.12. The molecule has 3 nitrogen and oxygen atoms in total. The SMILES string of the molecule is CC.CCCCCCCNC(=O)OCC1=C=C=CC=C1.[HH]. The zero-order chi connectivity index (χ0) is 15.1. The number of ether oxygens (including phenoxy) is 1. The van der Waals surface area contributed by atoms with E-state index in [4.69, 9.17) is 4.74 Å². The fourth-order valence-electron chi connectivity index (χ4n) is 1.59. The highest BCUT2D eigenvalue weighted by atomic mass is 16.5. The third kappa shape index (κ3) is 10.3. The lowest BCUT2D eigenvalue weighted by Crippen LogP contribution is -2.25. The van der Waals surface area contributed by atoms with Gasteiger partial charge in [-0.2, -0.15) is 0 Å². The Morgan fingerprint density at radius 3 is 2.70 bits per heavy atom. The smallest absolute Gasteiger partial charge is 0.407 e. The quantitative estimate of drug-likeness (QED) is 0.514. The largest absolute Gasteiger partial charge is 0.444 e. The number of amides is 1. The minimum absolute atomic E-state index is 0. The minimum Gasteiger partial charge on any atom is -0.444 e. The van der Waals surface area contributed by atoms with E-state index in [0.717, 1.165) is 18.4 Å². The average Bonchev–Trinajstić information content (AvgIpc) is 2.52. The van der Waals surface area contributed by atoms with Gasteiger partial charge < -0.3 is 10.1 Å². The first kappa shape index (κ1) is 18.3. The molecule has 1 amide bonds. The summed E-state index contributed by atoms with van der Waals surface area (Å²) in [5, 5.41) is 2.74. The third-order valence-electron chi connectivity index (χ3n) is 2.62. The summed E-state index contributed by atoms with van der Waals surface area (Å²) in [5.74, 6) is 0. The van der Waals surface area contributed by atoms with Gasteiger partial charge in [0.15, 0.2) is 0 Å². The Hall–Kier alpha value is -1.69. The van der Waals surface area contributed by atoms with Crippen LogP contribution in [0.4, 0.5) is 4.79 Å². The van der Waals surface area contributed by atoms with E-state index in [1.54, 1.807) is 6.08 Å². The molecule has 0 unspecified atom stereocenters. The standard InChI is InChI=1S/C15H21NO2.C2H6.H2/c1-2-3-4-5-9-12-16-15(17)18-13-14-10-7-6-8-11-14;1-2;/h6-7,10H,2-5,9,12-13H2,1H3,(H,16,17);1-2H3;1H. The second kappa shape index (κ2) is 13.7. The molecule has 0 aromatic carbocycles. The normalized spacial score (nSPS) is 11.4. The lowest BCUT2D eigenvalue weighted by atomic mass is 10.1. The van der Waals surface area contributed by atoms with Crippen LogP contribution in [-0.4, -0.2) is 19.2 Å². The maximum absolute atomic E-state index is 11.3. The fraction of sp³-hybridized carbons (Fsp3) is 0.588. The van der Waals surface area contributed by atoms with Gasteiger partial charge in [0.1, 0.15) is 6.61 Å². The van der Waals surface area contributed by atoms with Crippen LogP contribution in [0.3, 0.4) is 0 Å². The molecule has 1 aliphatic rings. The molecule has 114 valence electrons. The second-order valence-corrected chi connectivity index (χ2v) is 4.24. The van der Waals surface area contributed by atoms with Crippen molar-refractivity contribution in [3.05, 3.63) is 35.3 Å². The van der Waals surface area contributed by atoms with Gasteiger partial charge in [0.25, 0.3) is 0 Å². The Morgan fingerprint density at radius 1 is 1.30 bits per heavy atom. The highest BCUT2D eigenvalue weighted by Crippen LogP contribution is 2.02. The van der Waals surface area contributed by atoms with Crippen molar-refractivity contribution in [1.29, 1.82) is 0 Å². The predicted octanol–water partition coefficient (Wildman–Crippen LogP) is 4.76. The molecule has 0 saturated carbocycles. The molecule has 0 heterocycles. The van der Waals surface area contributed by atoms with Crippen LogP contribution in [0, 0.1) is 0 Å². The van der Waals surface area contributed by atoms with Gasteiger partial charge in [-0.15, -0.1) is 0 Å². The Bertz CT molecular complexity index is 390. The predicted molar refractivity (Wildman–Crippen MR) is 85.8 cm³/mol. The second-order valence-electron chi connectivity index (χ2n) is 4.24. The molecule has 0 spiro atoms. The molecular formula is C17H29NO2. The number of carbonyl (C=O) groups excluding carboxylic acids is 1. The summed E-state index contributed by atoms with van der Waals surface area (Å²) in [6, 6.07) is 0. The number of hydrogen-bond acceptors (Lipinski definition) is 2. The van der Waals surface area contributed by atoms with E-state index in [1.807, 2.05) is 26.0 Å². The van der Waals surface area contributed by atoms with Gasteiger partial charge in [-0.25, -0.2) is 4.79 Å².